The largest absolute Gasteiger partial charge is 0.372 e. The zero-order chi connectivity index (χ0) is 18.9. The number of halogens is 2. The SMILES string of the molecule is CC(C)CCCC(C)CCOC(Cn1ccnc1)c1ccc(Cl)cc1Cl. The Morgan fingerprint density at radius 2 is 1.92 bits per heavy atom. The van der Waals surface area contributed by atoms with Gasteiger partial charge in [-0.25, -0.2) is 4.98 Å². The predicted octanol–water partition coefficient (Wildman–Crippen LogP) is 6.80. The molecule has 0 aliphatic heterocycles. The maximum Gasteiger partial charge on any atom is 0.102 e. The molecule has 5 heteroatoms. The van der Waals surface area contributed by atoms with Crippen molar-refractivity contribution in [3.8, 4) is 0 Å². The molecule has 26 heavy (non-hydrogen) atoms. The monoisotopic (exact) mass is 396 g/mol. The number of hydrogen-bond acceptors (Lipinski definition) is 2. The number of aromatic nitrogens is 2. The molecule has 0 aliphatic carbocycles. The molecule has 3 nitrogen and oxygen atoms in total. The molecule has 1 aromatic carbocycles. The standard InChI is InChI=1S/C21H30Cl2N2O/c1-16(2)5-4-6-17(3)9-12-26-21(14-25-11-10-24-15-25)19-8-7-18(22)13-20(19)23/h7-8,10-11,13,15-17,21H,4-6,9,12,14H2,1-3H3. The fourth-order valence-corrected chi connectivity index (χ4v) is 3.55. The van der Waals surface area contributed by atoms with E-state index in [1.165, 1.54) is 19.3 Å². The number of nitrogens with zero attached hydrogens (tertiary/aromatic N) is 2. The second kappa shape index (κ2) is 11.0. The Labute approximate surface area is 167 Å². The van der Waals surface area contributed by atoms with Gasteiger partial charge >= 0.3 is 0 Å². The van der Waals surface area contributed by atoms with E-state index in [0.29, 0.717) is 22.5 Å². The maximum absolute atomic E-state index is 6.41. The van der Waals surface area contributed by atoms with Crippen molar-refractivity contribution in [2.45, 2.75) is 59.1 Å². The molecule has 1 aromatic heterocycles. The molecular formula is C21H30Cl2N2O. The lowest BCUT2D eigenvalue weighted by molar-refractivity contribution is 0.0327. The Kier molecular flexibility index (Phi) is 8.97. The van der Waals surface area contributed by atoms with Crippen LogP contribution in [0, 0.1) is 11.8 Å². The van der Waals surface area contributed by atoms with Crippen molar-refractivity contribution in [3.05, 3.63) is 52.5 Å². The van der Waals surface area contributed by atoms with Crippen molar-refractivity contribution in [1.82, 2.24) is 9.55 Å². The Morgan fingerprint density at radius 1 is 1.12 bits per heavy atom. The van der Waals surface area contributed by atoms with Crippen molar-refractivity contribution in [2.75, 3.05) is 6.61 Å². The zero-order valence-electron chi connectivity index (χ0n) is 16.0. The Bertz CT molecular complexity index is 643. The number of benzene rings is 1. The quantitative estimate of drug-likeness (QED) is 0.417. The molecule has 1 heterocycles. The fourth-order valence-electron chi connectivity index (χ4n) is 3.02. The van der Waals surface area contributed by atoms with Gasteiger partial charge in [0, 0.05) is 34.6 Å². The molecule has 2 aromatic rings. The van der Waals surface area contributed by atoms with Gasteiger partial charge in [-0.05, 0) is 30.4 Å². The van der Waals surface area contributed by atoms with E-state index in [0.717, 1.165) is 24.5 Å². The van der Waals surface area contributed by atoms with Gasteiger partial charge in [-0.3, -0.25) is 0 Å². The summed E-state index contributed by atoms with van der Waals surface area (Å²) < 4.78 is 8.26. The second-order valence-corrected chi connectivity index (χ2v) is 8.35. The highest BCUT2D eigenvalue weighted by molar-refractivity contribution is 6.35. The van der Waals surface area contributed by atoms with Crippen molar-refractivity contribution < 1.29 is 4.74 Å². The highest BCUT2D eigenvalue weighted by atomic mass is 35.5. The van der Waals surface area contributed by atoms with E-state index < -0.39 is 0 Å². The minimum absolute atomic E-state index is 0.114. The predicted molar refractivity (Wildman–Crippen MR) is 110 cm³/mol. The smallest absolute Gasteiger partial charge is 0.102 e. The maximum atomic E-state index is 6.41. The van der Waals surface area contributed by atoms with Gasteiger partial charge in [0.15, 0.2) is 0 Å². The van der Waals surface area contributed by atoms with Crippen LogP contribution in [-0.4, -0.2) is 16.2 Å². The van der Waals surface area contributed by atoms with Gasteiger partial charge in [-0.15, -0.1) is 0 Å². The molecule has 2 atom stereocenters. The molecule has 0 aliphatic rings. The van der Waals surface area contributed by atoms with Crippen molar-refractivity contribution in [3.63, 3.8) is 0 Å². The van der Waals surface area contributed by atoms with Crippen molar-refractivity contribution >= 4 is 23.2 Å². The third kappa shape index (κ3) is 7.30. The molecule has 0 saturated carbocycles. The molecule has 0 amide bonds. The van der Waals surface area contributed by atoms with Crippen molar-refractivity contribution in [1.29, 1.82) is 0 Å². The van der Waals surface area contributed by atoms with Crippen LogP contribution in [0.5, 0.6) is 0 Å². The third-order valence-electron chi connectivity index (χ3n) is 4.65. The second-order valence-electron chi connectivity index (χ2n) is 7.50. The van der Waals surface area contributed by atoms with E-state index in [2.05, 4.69) is 25.8 Å². The summed E-state index contributed by atoms with van der Waals surface area (Å²) in [4.78, 5) is 4.12. The number of hydrogen-bond donors (Lipinski definition) is 0. The van der Waals surface area contributed by atoms with Crippen LogP contribution < -0.4 is 0 Å². The molecular weight excluding hydrogens is 367 g/mol. The van der Waals surface area contributed by atoms with E-state index in [4.69, 9.17) is 27.9 Å². The molecule has 2 unspecified atom stereocenters. The first-order valence-electron chi connectivity index (χ1n) is 9.48. The summed E-state index contributed by atoms with van der Waals surface area (Å²) in [6.45, 7) is 8.28. The summed E-state index contributed by atoms with van der Waals surface area (Å²) in [5, 5.41) is 1.28. The number of ether oxygens (including phenoxy) is 1. The van der Waals surface area contributed by atoms with E-state index in [9.17, 15) is 0 Å². The summed E-state index contributed by atoms with van der Waals surface area (Å²) in [5.74, 6) is 1.45. The van der Waals surface area contributed by atoms with Crippen LogP contribution in [0.3, 0.4) is 0 Å². The average molecular weight is 397 g/mol. The summed E-state index contributed by atoms with van der Waals surface area (Å²) in [7, 11) is 0. The molecule has 0 bridgehead atoms. The Balaban J connectivity index is 1.92. The lowest BCUT2D eigenvalue weighted by Gasteiger charge is -2.21. The van der Waals surface area contributed by atoms with Crippen molar-refractivity contribution in [2.24, 2.45) is 11.8 Å². The molecule has 0 radical (unpaired) electrons. The summed E-state index contributed by atoms with van der Waals surface area (Å²) in [6, 6.07) is 5.59. The Morgan fingerprint density at radius 3 is 2.58 bits per heavy atom. The van der Waals surface area contributed by atoms with Gasteiger partial charge in [0.2, 0.25) is 0 Å². The zero-order valence-corrected chi connectivity index (χ0v) is 17.5. The number of imidazole rings is 1. The van der Waals surface area contributed by atoms with E-state index >= 15 is 0 Å². The van der Waals surface area contributed by atoms with E-state index in [-0.39, 0.29) is 6.10 Å². The van der Waals surface area contributed by atoms with Gasteiger partial charge < -0.3 is 9.30 Å². The average Bonchev–Trinajstić information content (AvgIpc) is 3.07. The van der Waals surface area contributed by atoms with Crippen LogP contribution in [0.25, 0.3) is 0 Å². The summed E-state index contributed by atoms with van der Waals surface area (Å²) in [5.41, 5.74) is 0.970. The highest BCUT2D eigenvalue weighted by Gasteiger charge is 2.17. The van der Waals surface area contributed by atoms with Crippen LogP contribution >= 0.6 is 23.2 Å². The first-order valence-corrected chi connectivity index (χ1v) is 10.2. The van der Waals surface area contributed by atoms with E-state index in [1.54, 1.807) is 18.6 Å². The summed E-state index contributed by atoms with van der Waals surface area (Å²) in [6.07, 6.45) is 10.3. The van der Waals surface area contributed by atoms with E-state index in [1.807, 2.05) is 22.9 Å². The molecule has 144 valence electrons. The minimum Gasteiger partial charge on any atom is -0.372 e. The van der Waals surface area contributed by atoms with Crippen LogP contribution in [0.4, 0.5) is 0 Å². The van der Waals surface area contributed by atoms with Crippen LogP contribution in [-0.2, 0) is 11.3 Å². The van der Waals surface area contributed by atoms with Crippen LogP contribution in [0.15, 0.2) is 36.9 Å². The van der Waals surface area contributed by atoms with Gasteiger partial charge in [0.1, 0.15) is 6.10 Å². The number of rotatable bonds is 11. The van der Waals surface area contributed by atoms with Crippen LogP contribution in [0.2, 0.25) is 10.0 Å². The fraction of sp³-hybridized carbons (Fsp3) is 0.571. The molecule has 2 rings (SSSR count). The van der Waals surface area contributed by atoms with Gasteiger partial charge in [-0.1, -0.05) is 69.3 Å². The topological polar surface area (TPSA) is 27.1 Å². The first-order chi connectivity index (χ1) is 12.5. The van der Waals surface area contributed by atoms with Crippen LogP contribution in [0.1, 0.15) is 58.1 Å². The highest BCUT2D eigenvalue weighted by Crippen LogP contribution is 2.30. The van der Waals surface area contributed by atoms with Gasteiger partial charge in [0.25, 0.3) is 0 Å². The molecule has 0 fully saturated rings. The Hall–Kier alpha value is -1.03. The molecule has 0 saturated heterocycles. The summed E-state index contributed by atoms with van der Waals surface area (Å²) >= 11 is 12.5. The lowest BCUT2D eigenvalue weighted by atomic mass is 9.97. The third-order valence-corrected chi connectivity index (χ3v) is 5.22. The molecule has 0 spiro atoms. The lowest BCUT2D eigenvalue weighted by Crippen LogP contribution is -2.14. The van der Waals surface area contributed by atoms with Gasteiger partial charge in [0.05, 0.1) is 12.9 Å². The normalized spacial score (nSPS) is 13.9. The van der Waals surface area contributed by atoms with Gasteiger partial charge in [-0.2, -0.15) is 0 Å². The first kappa shape index (κ1) is 21.3. The minimum atomic E-state index is -0.114. The molecule has 0 N–H and O–H groups in total.